The summed E-state index contributed by atoms with van der Waals surface area (Å²) in [5, 5.41) is 10.7. The lowest BCUT2D eigenvalue weighted by atomic mass is 10.0. The maximum atomic E-state index is 11.1. The molecule has 0 atom stereocenters. The summed E-state index contributed by atoms with van der Waals surface area (Å²) in [5.41, 5.74) is 0.218. The number of methoxy groups -OCH3 is 1. The maximum Gasteiger partial charge on any atom is 0.340 e. The summed E-state index contributed by atoms with van der Waals surface area (Å²) < 4.78 is 5.03. The van der Waals surface area contributed by atoms with Crippen LogP contribution >= 0.6 is 0 Å². The van der Waals surface area contributed by atoms with Gasteiger partial charge in [0.2, 0.25) is 0 Å². The number of hydrogen-bond acceptors (Lipinski definition) is 2. The zero-order chi connectivity index (χ0) is 10.8. The molecule has 0 amide bonds. The van der Waals surface area contributed by atoms with Gasteiger partial charge in [0.25, 0.3) is 0 Å². The third-order valence-electron chi connectivity index (χ3n) is 2.32. The van der Waals surface area contributed by atoms with Gasteiger partial charge >= 0.3 is 5.97 Å². The van der Waals surface area contributed by atoms with E-state index in [1.165, 1.54) is 7.11 Å². The normalized spacial score (nSPS) is 10.2. The molecular formula is C12H10O3. The molecule has 0 bridgehead atoms. The smallest absolute Gasteiger partial charge is 0.340 e. The standard InChI is InChI=1S/C12H10O3/c1-15-10-7-6-8-4-2-3-5-9(8)11(10)12(13)14/h2-7H,1H3,(H,13,14). The first-order valence-corrected chi connectivity index (χ1v) is 4.53. The molecule has 0 fully saturated rings. The molecule has 1 N–H and O–H groups in total. The molecule has 0 heterocycles. The fourth-order valence-electron chi connectivity index (χ4n) is 1.64. The van der Waals surface area contributed by atoms with Gasteiger partial charge in [-0.3, -0.25) is 0 Å². The Morgan fingerprint density at radius 3 is 2.60 bits per heavy atom. The van der Waals surface area contributed by atoms with Crippen molar-refractivity contribution in [2.45, 2.75) is 0 Å². The molecule has 0 aliphatic carbocycles. The zero-order valence-electron chi connectivity index (χ0n) is 8.23. The number of carboxylic acid groups (broad SMARTS) is 1. The van der Waals surface area contributed by atoms with Gasteiger partial charge in [0.05, 0.1) is 7.11 Å². The lowest BCUT2D eigenvalue weighted by Gasteiger charge is -2.07. The number of rotatable bonds is 2. The van der Waals surface area contributed by atoms with Crippen LogP contribution in [-0.4, -0.2) is 18.2 Å². The van der Waals surface area contributed by atoms with Crippen molar-refractivity contribution < 1.29 is 14.6 Å². The van der Waals surface area contributed by atoms with Crippen molar-refractivity contribution in [2.24, 2.45) is 0 Å². The van der Waals surface area contributed by atoms with E-state index in [4.69, 9.17) is 9.84 Å². The largest absolute Gasteiger partial charge is 0.496 e. The van der Waals surface area contributed by atoms with Gasteiger partial charge in [-0.2, -0.15) is 0 Å². The first-order valence-electron chi connectivity index (χ1n) is 4.53. The fraction of sp³-hybridized carbons (Fsp3) is 0.0833. The molecule has 76 valence electrons. The van der Waals surface area contributed by atoms with E-state index < -0.39 is 5.97 Å². The first kappa shape index (κ1) is 9.52. The summed E-state index contributed by atoms with van der Waals surface area (Å²) in [6.07, 6.45) is 0. The van der Waals surface area contributed by atoms with Crippen molar-refractivity contribution in [1.82, 2.24) is 0 Å². The van der Waals surface area contributed by atoms with Crippen molar-refractivity contribution in [3.63, 3.8) is 0 Å². The second-order valence-electron chi connectivity index (χ2n) is 3.17. The van der Waals surface area contributed by atoms with Gasteiger partial charge in [-0.15, -0.1) is 0 Å². The Morgan fingerprint density at radius 1 is 1.20 bits per heavy atom. The molecule has 0 saturated heterocycles. The lowest BCUT2D eigenvalue weighted by Crippen LogP contribution is -2.01. The van der Waals surface area contributed by atoms with Gasteiger partial charge in [-0.1, -0.05) is 30.3 Å². The van der Waals surface area contributed by atoms with Crippen molar-refractivity contribution in [3.05, 3.63) is 42.0 Å². The Morgan fingerprint density at radius 2 is 1.93 bits per heavy atom. The molecule has 2 aromatic rings. The summed E-state index contributed by atoms with van der Waals surface area (Å²) >= 11 is 0. The maximum absolute atomic E-state index is 11.1. The van der Waals surface area contributed by atoms with Gasteiger partial charge in [-0.05, 0) is 16.8 Å². The minimum Gasteiger partial charge on any atom is -0.496 e. The molecule has 0 unspecified atom stereocenters. The van der Waals surface area contributed by atoms with Crippen LogP contribution < -0.4 is 4.74 Å². The van der Waals surface area contributed by atoms with Crippen molar-refractivity contribution in [2.75, 3.05) is 7.11 Å². The molecule has 3 heteroatoms. The Bertz CT molecular complexity index is 517. The number of carboxylic acids is 1. The third kappa shape index (κ3) is 1.52. The molecular weight excluding hydrogens is 192 g/mol. The highest BCUT2D eigenvalue weighted by Crippen LogP contribution is 2.27. The highest BCUT2D eigenvalue weighted by Gasteiger charge is 2.14. The van der Waals surface area contributed by atoms with E-state index in [-0.39, 0.29) is 5.56 Å². The van der Waals surface area contributed by atoms with Gasteiger partial charge in [0.15, 0.2) is 0 Å². The van der Waals surface area contributed by atoms with Crippen LogP contribution in [0.4, 0.5) is 0 Å². The number of ether oxygens (including phenoxy) is 1. The molecule has 0 radical (unpaired) electrons. The summed E-state index contributed by atoms with van der Waals surface area (Å²) in [5.74, 6) is -0.579. The summed E-state index contributed by atoms with van der Waals surface area (Å²) in [4.78, 5) is 11.1. The van der Waals surface area contributed by atoms with Crippen LogP contribution in [0.25, 0.3) is 10.8 Å². The second kappa shape index (κ2) is 3.61. The average Bonchev–Trinajstić information content (AvgIpc) is 2.27. The molecule has 0 aromatic heterocycles. The average molecular weight is 202 g/mol. The van der Waals surface area contributed by atoms with E-state index in [1.807, 2.05) is 24.3 Å². The Labute approximate surface area is 86.9 Å². The number of fused-ring (bicyclic) bond motifs is 1. The monoisotopic (exact) mass is 202 g/mol. The van der Waals surface area contributed by atoms with Crippen LogP contribution in [-0.2, 0) is 0 Å². The summed E-state index contributed by atoms with van der Waals surface area (Å²) in [6, 6.07) is 10.9. The molecule has 0 spiro atoms. The molecule has 3 nitrogen and oxygen atoms in total. The number of hydrogen-bond donors (Lipinski definition) is 1. The molecule has 0 saturated carbocycles. The van der Waals surface area contributed by atoms with E-state index in [2.05, 4.69) is 0 Å². The Kier molecular flexibility index (Phi) is 2.29. The van der Waals surface area contributed by atoms with Gasteiger partial charge < -0.3 is 9.84 Å². The third-order valence-corrected chi connectivity index (χ3v) is 2.32. The van der Waals surface area contributed by atoms with Crippen molar-refractivity contribution in [1.29, 1.82) is 0 Å². The fourth-order valence-corrected chi connectivity index (χ4v) is 1.64. The minimum atomic E-state index is -0.969. The lowest BCUT2D eigenvalue weighted by molar-refractivity contribution is 0.0695. The molecule has 0 aliphatic rings. The molecule has 2 rings (SSSR count). The quantitative estimate of drug-likeness (QED) is 0.814. The van der Waals surface area contributed by atoms with Crippen molar-refractivity contribution in [3.8, 4) is 5.75 Å². The van der Waals surface area contributed by atoms with E-state index in [9.17, 15) is 4.79 Å². The predicted octanol–water partition coefficient (Wildman–Crippen LogP) is 2.55. The number of aromatic carboxylic acids is 1. The van der Waals surface area contributed by atoms with Crippen LogP contribution in [0.3, 0.4) is 0 Å². The predicted molar refractivity (Wildman–Crippen MR) is 57.5 cm³/mol. The van der Waals surface area contributed by atoms with Gasteiger partial charge in [0, 0.05) is 0 Å². The van der Waals surface area contributed by atoms with Crippen LogP contribution in [0.15, 0.2) is 36.4 Å². The zero-order valence-corrected chi connectivity index (χ0v) is 8.23. The van der Waals surface area contributed by atoms with E-state index in [0.717, 1.165) is 5.39 Å². The highest BCUT2D eigenvalue weighted by atomic mass is 16.5. The van der Waals surface area contributed by atoms with E-state index >= 15 is 0 Å². The van der Waals surface area contributed by atoms with Crippen LogP contribution in [0.2, 0.25) is 0 Å². The summed E-state index contributed by atoms with van der Waals surface area (Å²) in [7, 11) is 1.47. The van der Waals surface area contributed by atoms with E-state index in [1.54, 1.807) is 12.1 Å². The topological polar surface area (TPSA) is 46.5 Å². The Hall–Kier alpha value is -2.03. The second-order valence-corrected chi connectivity index (χ2v) is 3.17. The number of carbonyl (C=O) groups is 1. The SMILES string of the molecule is COc1ccc2ccccc2c1C(=O)O. The number of benzene rings is 2. The van der Waals surface area contributed by atoms with Crippen molar-refractivity contribution >= 4 is 16.7 Å². The van der Waals surface area contributed by atoms with Gasteiger partial charge in [0.1, 0.15) is 11.3 Å². The summed E-state index contributed by atoms with van der Waals surface area (Å²) in [6.45, 7) is 0. The van der Waals surface area contributed by atoms with Crippen LogP contribution in [0, 0.1) is 0 Å². The molecule has 2 aromatic carbocycles. The van der Waals surface area contributed by atoms with Gasteiger partial charge in [-0.25, -0.2) is 4.79 Å². The molecule has 15 heavy (non-hydrogen) atoms. The van der Waals surface area contributed by atoms with Crippen LogP contribution in [0.1, 0.15) is 10.4 Å². The van der Waals surface area contributed by atoms with E-state index in [0.29, 0.717) is 11.1 Å². The molecule has 0 aliphatic heterocycles. The Balaban J connectivity index is 2.85. The first-order chi connectivity index (χ1) is 7.24. The van der Waals surface area contributed by atoms with Crippen LogP contribution in [0.5, 0.6) is 5.75 Å². The highest BCUT2D eigenvalue weighted by molar-refractivity contribution is 6.06. The minimum absolute atomic E-state index is 0.218.